The van der Waals surface area contributed by atoms with E-state index in [4.69, 9.17) is 0 Å². The average molecular weight is 178 g/mol. The highest BCUT2D eigenvalue weighted by atomic mass is 31.2. The molecule has 0 aliphatic heterocycles. The molecule has 0 amide bonds. The second-order valence-corrected chi connectivity index (χ2v) is 6.62. The number of nitrogens with zero attached hydrogens (tertiary/aromatic N) is 1. The first-order valence-corrected chi connectivity index (χ1v) is 5.78. The van der Waals surface area contributed by atoms with Gasteiger partial charge in [-0.25, -0.2) is 0 Å². The Hall–Kier alpha value is -0.340. The summed E-state index contributed by atoms with van der Waals surface area (Å²) < 4.78 is 11.4. The second kappa shape index (κ2) is 2.95. The molecule has 0 heterocycles. The first-order valence-electron chi connectivity index (χ1n) is 3.18. The highest BCUT2D eigenvalue weighted by molar-refractivity contribution is 7.64. The van der Waals surface area contributed by atoms with Crippen molar-refractivity contribution in [2.24, 2.45) is 5.16 Å². The van der Waals surface area contributed by atoms with E-state index in [2.05, 4.69) is 5.16 Å². The molecular weight excluding hydrogens is 165 g/mol. The van der Waals surface area contributed by atoms with Crippen LogP contribution < -0.4 is 0 Å². The Bertz CT molecular complexity index is 216. The van der Waals surface area contributed by atoms with E-state index in [1.54, 1.807) is 0 Å². The van der Waals surface area contributed by atoms with Crippen molar-refractivity contribution in [2.45, 2.75) is 19.2 Å². The summed E-state index contributed by atoms with van der Waals surface area (Å²) >= 11 is 0. The average Bonchev–Trinajstić information content (AvgIpc) is 1.83. The molecule has 11 heavy (non-hydrogen) atoms. The molecule has 0 rings (SSSR count). The van der Waals surface area contributed by atoms with Crippen LogP contribution in [0.3, 0.4) is 0 Å². The van der Waals surface area contributed by atoms with Gasteiger partial charge in [0.05, 0.1) is 0 Å². The van der Waals surface area contributed by atoms with Crippen LogP contribution in [0.15, 0.2) is 5.16 Å². The van der Waals surface area contributed by atoms with Crippen molar-refractivity contribution in [3.8, 4) is 0 Å². The molecule has 0 radical (unpaired) electrons. The Morgan fingerprint density at radius 1 is 1.64 bits per heavy atom. The van der Waals surface area contributed by atoms with Gasteiger partial charge >= 0.3 is 0 Å². The minimum absolute atomic E-state index is 0.0363. The van der Waals surface area contributed by atoms with Crippen LogP contribution in [-0.2, 0) is 4.57 Å². The van der Waals surface area contributed by atoms with Gasteiger partial charge in [0.2, 0.25) is 0 Å². The lowest BCUT2D eigenvalue weighted by atomic mass is 10.3. The normalized spacial score (nSPS) is 19.5. The van der Waals surface area contributed by atoms with Gasteiger partial charge in [-0.05, 0) is 27.2 Å². The van der Waals surface area contributed by atoms with Gasteiger partial charge in [0, 0.05) is 5.71 Å². The van der Waals surface area contributed by atoms with Crippen LogP contribution in [0.5, 0.6) is 0 Å². The van der Waals surface area contributed by atoms with E-state index in [9.17, 15) is 14.9 Å². The van der Waals surface area contributed by atoms with Crippen LogP contribution in [0.2, 0.25) is 0 Å². The van der Waals surface area contributed by atoms with Crippen LogP contribution in [0.4, 0.5) is 0 Å². The van der Waals surface area contributed by atoms with Gasteiger partial charge in [0.25, 0.3) is 0 Å². The summed E-state index contributed by atoms with van der Waals surface area (Å²) in [5, 5.41) is 20.6. The fourth-order valence-electron chi connectivity index (χ4n) is 0.476. The van der Waals surface area contributed by atoms with E-state index in [0.29, 0.717) is 0 Å². The van der Waals surface area contributed by atoms with Crippen molar-refractivity contribution in [1.29, 1.82) is 0 Å². The third-order valence-electron chi connectivity index (χ3n) is 1.87. The molecule has 4 nitrogen and oxygen atoms in total. The van der Waals surface area contributed by atoms with Gasteiger partial charge < -0.3 is 20.0 Å². The zero-order chi connectivity index (χ0) is 9.28. The minimum Gasteiger partial charge on any atom is -0.792 e. The van der Waals surface area contributed by atoms with E-state index < -0.39 is 12.5 Å². The molecule has 0 aromatic rings. The van der Waals surface area contributed by atoms with Crippen LogP contribution in [0, 0.1) is 5.21 Å². The van der Waals surface area contributed by atoms with E-state index in [1.165, 1.54) is 27.2 Å². The zero-order valence-electron chi connectivity index (χ0n) is 7.16. The molecule has 1 N–H and O–H groups in total. The van der Waals surface area contributed by atoms with Crippen molar-refractivity contribution >= 4 is 12.9 Å². The fraction of sp³-hybridized carbons (Fsp3) is 0.833. The Morgan fingerprint density at radius 2 is 2.00 bits per heavy atom. The van der Waals surface area contributed by atoms with Crippen molar-refractivity contribution in [2.75, 3.05) is 13.3 Å². The van der Waals surface area contributed by atoms with Gasteiger partial charge in [-0.15, -0.1) is 0 Å². The van der Waals surface area contributed by atoms with Crippen LogP contribution >= 0.6 is 7.14 Å². The summed E-state index contributed by atoms with van der Waals surface area (Å²) in [6.45, 7) is 5.54. The Balaban J connectivity index is 4.90. The lowest BCUT2D eigenvalue weighted by Crippen LogP contribution is -2.32. The lowest BCUT2D eigenvalue weighted by Gasteiger charge is -2.28. The van der Waals surface area contributed by atoms with Gasteiger partial charge in [0.1, 0.15) is 7.14 Å². The molecule has 0 aromatic carbocycles. The van der Waals surface area contributed by atoms with E-state index in [-0.39, 0.29) is 5.71 Å². The summed E-state index contributed by atoms with van der Waals surface area (Å²) in [5.41, 5.74) is -0.0363. The Kier molecular flexibility index (Phi) is 2.86. The fourth-order valence-corrected chi connectivity index (χ4v) is 1.30. The molecule has 0 spiro atoms. The van der Waals surface area contributed by atoms with Gasteiger partial charge in [-0.1, -0.05) is 0 Å². The molecule has 0 aliphatic rings. The highest BCUT2D eigenvalue weighted by Crippen LogP contribution is 2.50. The van der Waals surface area contributed by atoms with E-state index in [0.717, 1.165) is 0 Å². The first-order chi connectivity index (χ1) is 4.73. The summed E-state index contributed by atoms with van der Waals surface area (Å²) in [6.07, 6.45) is 0. The monoisotopic (exact) mass is 178 g/mol. The standard InChI is InChI=1S/C6H14NO3P/c1-5(7-9)6(2,8)11(3,4)10/h8-9H,1-4H3/p-1/b7-5-. The molecular formula is C6H13NO3P-. The van der Waals surface area contributed by atoms with Crippen molar-refractivity contribution in [3.63, 3.8) is 0 Å². The summed E-state index contributed by atoms with van der Waals surface area (Å²) in [6, 6.07) is 0. The van der Waals surface area contributed by atoms with Crippen LogP contribution in [0.1, 0.15) is 13.8 Å². The predicted molar refractivity (Wildman–Crippen MR) is 46.6 cm³/mol. The maximum absolute atomic E-state index is 11.4. The summed E-state index contributed by atoms with van der Waals surface area (Å²) in [7, 11) is -2.72. The second-order valence-electron chi connectivity index (χ2n) is 3.05. The van der Waals surface area contributed by atoms with Crippen molar-refractivity contribution in [1.82, 2.24) is 0 Å². The van der Waals surface area contributed by atoms with E-state index >= 15 is 0 Å². The predicted octanol–water partition coefficient (Wildman–Crippen LogP) is 1.28. The Morgan fingerprint density at radius 3 is 2.09 bits per heavy atom. The molecule has 1 atom stereocenters. The molecule has 0 saturated heterocycles. The minimum atomic E-state index is -2.72. The number of rotatable bonds is 2. The quantitative estimate of drug-likeness (QED) is 0.393. The molecule has 0 aliphatic carbocycles. The molecule has 0 aromatic heterocycles. The summed E-state index contributed by atoms with van der Waals surface area (Å²) in [4.78, 5) is 0. The van der Waals surface area contributed by atoms with Crippen LogP contribution in [-0.4, -0.2) is 29.5 Å². The van der Waals surface area contributed by atoms with Gasteiger partial charge in [-0.3, -0.25) is 0 Å². The highest BCUT2D eigenvalue weighted by Gasteiger charge is 2.36. The maximum atomic E-state index is 11.4. The van der Waals surface area contributed by atoms with Gasteiger partial charge in [-0.2, -0.15) is 0 Å². The van der Waals surface area contributed by atoms with Gasteiger partial charge in [0.15, 0.2) is 5.34 Å². The zero-order valence-corrected chi connectivity index (χ0v) is 8.05. The molecule has 1 unspecified atom stereocenters. The van der Waals surface area contributed by atoms with Crippen LogP contribution in [0.25, 0.3) is 0 Å². The molecule has 0 saturated carbocycles. The molecule has 0 bridgehead atoms. The summed E-state index contributed by atoms with van der Waals surface area (Å²) in [5.74, 6) is 0. The number of hydrogen-bond acceptors (Lipinski definition) is 4. The number of aliphatic hydroxyl groups is 1. The van der Waals surface area contributed by atoms with Crippen molar-refractivity contribution < 1.29 is 9.67 Å². The molecule has 66 valence electrons. The smallest absolute Gasteiger partial charge is 0.150 e. The lowest BCUT2D eigenvalue weighted by molar-refractivity contribution is 0.212. The number of hydrogen-bond donors (Lipinski definition) is 1. The topological polar surface area (TPSA) is 72.7 Å². The maximum Gasteiger partial charge on any atom is 0.150 e. The Labute approximate surface area is 66.3 Å². The van der Waals surface area contributed by atoms with Crippen molar-refractivity contribution in [3.05, 3.63) is 5.21 Å². The van der Waals surface area contributed by atoms with E-state index in [1.807, 2.05) is 0 Å². The third-order valence-corrected chi connectivity index (χ3v) is 4.29. The molecule has 5 heteroatoms. The molecule has 0 fully saturated rings. The third kappa shape index (κ3) is 2.04. The largest absolute Gasteiger partial charge is 0.792 e. The first kappa shape index (κ1) is 10.7. The SMILES string of the molecule is C/C(=N/[O-])C(C)(O)P(C)(C)=O.